The molecule has 136 valence electrons. The van der Waals surface area contributed by atoms with E-state index in [1.807, 2.05) is 43.3 Å². The number of nitrogens with zero attached hydrogens (tertiary/aromatic N) is 3. The molecule has 0 aromatic heterocycles. The van der Waals surface area contributed by atoms with Gasteiger partial charge in [-0.1, -0.05) is 0 Å². The molecule has 0 aliphatic carbocycles. The number of ether oxygens (including phenoxy) is 1. The summed E-state index contributed by atoms with van der Waals surface area (Å²) in [6, 6.07) is 7.48. The lowest BCUT2D eigenvalue weighted by Crippen LogP contribution is -2.50. The molecule has 25 heavy (non-hydrogen) atoms. The van der Waals surface area contributed by atoms with E-state index < -0.39 is 0 Å². The van der Waals surface area contributed by atoms with Gasteiger partial charge in [0.15, 0.2) is 0 Å². The molecule has 0 unspecified atom stereocenters. The minimum atomic E-state index is -0.386. The minimum absolute atomic E-state index is 0.0213. The Hall–Kier alpha value is -2.57. The van der Waals surface area contributed by atoms with E-state index in [2.05, 4.69) is 4.74 Å². The van der Waals surface area contributed by atoms with Crippen LogP contribution in [0.25, 0.3) is 0 Å². The van der Waals surface area contributed by atoms with Gasteiger partial charge in [-0.3, -0.25) is 14.4 Å². The van der Waals surface area contributed by atoms with E-state index in [-0.39, 0.29) is 30.6 Å². The van der Waals surface area contributed by atoms with Gasteiger partial charge in [0.05, 0.1) is 13.5 Å². The fourth-order valence-corrected chi connectivity index (χ4v) is 2.71. The quantitative estimate of drug-likeness (QED) is 0.743. The maximum atomic E-state index is 12.6. The van der Waals surface area contributed by atoms with Gasteiger partial charge in [0.1, 0.15) is 0 Å². The van der Waals surface area contributed by atoms with E-state index in [1.54, 1.807) is 9.80 Å². The smallest absolute Gasteiger partial charge is 0.306 e. The van der Waals surface area contributed by atoms with E-state index in [4.69, 9.17) is 0 Å². The minimum Gasteiger partial charge on any atom is -0.469 e. The first kappa shape index (κ1) is 18.8. The van der Waals surface area contributed by atoms with Gasteiger partial charge in [-0.15, -0.1) is 0 Å². The molecule has 1 fully saturated rings. The zero-order valence-electron chi connectivity index (χ0n) is 15.0. The van der Waals surface area contributed by atoms with Crippen LogP contribution in [0.5, 0.6) is 0 Å². The molecule has 1 saturated heterocycles. The monoisotopic (exact) mass is 347 g/mol. The van der Waals surface area contributed by atoms with Crippen molar-refractivity contribution in [3.63, 3.8) is 0 Å². The van der Waals surface area contributed by atoms with Crippen LogP contribution in [-0.2, 0) is 14.3 Å². The third-order valence-electron chi connectivity index (χ3n) is 4.32. The van der Waals surface area contributed by atoms with Crippen LogP contribution in [0.2, 0.25) is 0 Å². The van der Waals surface area contributed by atoms with E-state index >= 15 is 0 Å². The lowest BCUT2D eigenvalue weighted by atomic mass is 10.1. The van der Waals surface area contributed by atoms with Crippen LogP contribution in [0.4, 0.5) is 5.69 Å². The van der Waals surface area contributed by atoms with Gasteiger partial charge < -0.3 is 19.4 Å². The van der Waals surface area contributed by atoms with Gasteiger partial charge in [-0.05, 0) is 24.3 Å². The number of carbonyl (C=O) groups excluding carboxylic acids is 3. The van der Waals surface area contributed by atoms with Gasteiger partial charge in [-0.25, -0.2) is 0 Å². The highest BCUT2D eigenvalue weighted by molar-refractivity contribution is 5.94. The van der Waals surface area contributed by atoms with E-state index in [0.29, 0.717) is 31.7 Å². The van der Waals surface area contributed by atoms with Gasteiger partial charge in [0.2, 0.25) is 5.91 Å². The molecule has 0 radical (unpaired) electrons. The molecule has 1 aromatic rings. The van der Waals surface area contributed by atoms with Gasteiger partial charge in [-0.2, -0.15) is 0 Å². The maximum absolute atomic E-state index is 12.6. The Balaban J connectivity index is 1.85. The molecule has 0 N–H and O–H groups in total. The SMILES string of the molecule is COC(=O)CCC(=O)N1CCN(C(=O)c2ccc(N(C)C)cc2)CC1. The molecule has 1 aromatic carbocycles. The number of anilines is 1. The van der Waals surface area contributed by atoms with E-state index in [0.717, 1.165) is 5.69 Å². The van der Waals surface area contributed by atoms with Crippen LogP contribution >= 0.6 is 0 Å². The topological polar surface area (TPSA) is 70.2 Å². The van der Waals surface area contributed by atoms with Crippen molar-refractivity contribution >= 4 is 23.5 Å². The van der Waals surface area contributed by atoms with E-state index in [9.17, 15) is 14.4 Å². The fraction of sp³-hybridized carbons (Fsp3) is 0.500. The number of esters is 1. The molecule has 0 atom stereocenters. The zero-order valence-corrected chi connectivity index (χ0v) is 15.0. The van der Waals surface area contributed by atoms with Crippen LogP contribution < -0.4 is 4.90 Å². The molecule has 7 nitrogen and oxygen atoms in total. The van der Waals surface area contributed by atoms with Crippen molar-refractivity contribution in [2.45, 2.75) is 12.8 Å². The highest BCUT2D eigenvalue weighted by atomic mass is 16.5. The number of piperazine rings is 1. The van der Waals surface area contributed by atoms with Crippen molar-refractivity contribution in [3.8, 4) is 0 Å². The Labute approximate surface area is 148 Å². The molecule has 2 amide bonds. The van der Waals surface area contributed by atoms with Crippen LogP contribution in [-0.4, -0.2) is 75.0 Å². The molecule has 7 heteroatoms. The predicted molar refractivity (Wildman–Crippen MR) is 94.5 cm³/mol. The third kappa shape index (κ3) is 4.95. The Kier molecular flexibility index (Phi) is 6.38. The van der Waals surface area contributed by atoms with Crippen molar-refractivity contribution in [2.75, 3.05) is 52.3 Å². The Morgan fingerprint density at radius 2 is 1.52 bits per heavy atom. The van der Waals surface area contributed by atoms with Gasteiger partial charge in [0, 0.05) is 57.9 Å². The molecule has 1 heterocycles. The summed E-state index contributed by atoms with van der Waals surface area (Å²) in [6.07, 6.45) is 0.235. The highest BCUT2D eigenvalue weighted by Gasteiger charge is 2.25. The highest BCUT2D eigenvalue weighted by Crippen LogP contribution is 2.15. The average Bonchev–Trinajstić information content (AvgIpc) is 2.65. The van der Waals surface area contributed by atoms with Crippen molar-refractivity contribution in [1.82, 2.24) is 9.80 Å². The first-order chi connectivity index (χ1) is 11.9. The second-order valence-electron chi connectivity index (χ2n) is 6.19. The molecule has 0 bridgehead atoms. The second kappa shape index (κ2) is 8.50. The number of hydrogen-bond acceptors (Lipinski definition) is 5. The van der Waals surface area contributed by atoms with Crippen LogP contribution in [0.15, 0.2) is 24.3 Å². The number of benzene rings is 1. The molecule has 1 aliphatic rings. The summed E-state index contributed by atoms with van der Waals surface area (Å²) >= 11 is 0. The first-order valence-electron chi connectivity index (χ1n) is 8.33. The summed E-state index contributed by atoms with van der Waals surface area (Å²) in [5.41, 5.74) is 1.69. The molecule has 0 spiro atoms. The predicted octanol–water partition coefficient (Wildman–Crippen LogP) is 0.990. The van der Waals surface area contributed by atoms with Crippen molar-refractivity contribution in [3.05, 3.63) is 29.8 Å². The van der Waals surface area contributed by atoms with Crippen LogP contribution in [0, 0.1) is 0 Å². The van der Waals surface area contributed by atoms with Gasteiger partial charge >= 0.3 is 5.97 Å². The summed E-state index contributed by atoms with van der Waals surface area (Å²) in [5, 5.41) is 0. The zero-order chi connectivity index (χ0) is 18.4. The lowest BCUT2D eigenvalue weighted by Gasteiger charge is -2.35. The Bertz CT molecular complexity index is 620. The van der Waals surface area contributed by atoms with Crippen LogP contribution in [0.1, 0.15) is 23.2 Å². The third-order valence-corrected chi connectivity index (χ3v) is 4.32. The molecular formula is C18H25N3O4. The number of hydrogen-bond donors (Lipinski definition) is 0. The molecular weight excluding hydrogens is 322 g/mol. The summed E-state index contributed by atoms with van der Waals surface area (Å²) in [5.74, 6) is -0.483. The molecule has 2 rings (SSSR count). The fourth-order valence-electron chi connectivity index (χ4n) is 2.71. The van der Waals surface area contributed by atoms with E-state index in [1.165, 1.54) is 7.11 Å². The molecule has 0 saturated carbocycles. The van der Waals surface area contributed by atoms with Crippen LogP contribution in [0.3, 0.4) is 0 Å². The van der Waals surface area contributed by atoms with Crippen molar-refractivity contribution < 1.29 is 19.1 Å². The Morgan fingerprint density at radius 1 is 0.960 bits per heavy atom. The number of methoxy groups -OCH3 is 1. The van der Waals surface area contributed by atoms with Gasteiger partial charge in [0.25, 0.3) is 5.91 Å². The standard InChI is InChI=1S/C18H25N3O4/c1-19(2)15-6-4-14(5-7-15)18(24)21-12-10-20(11-13-21)16(22)8-9-17(23)25-3/h4-7H,8-13H2,1-3H3. The normalized spacial score (nSPS) is 14.2. The average molecular weight is 347 g/mol. The molecule has 1 aliphatic heterocycles. The number of rotatable bonds is 5. The van der Waals surface area contributed by atoms with Crippen molar-refractivity contribution in [1.29, 1.82) is 0 Å². The summed E-state index contributed by atoms with van der Waals surface area (Å²) in [6.45, 7) is 1.97. The second-order valence-corrected chi connectivity index (χ2v) is 6.19. The summed E-state index contributed by atoms with van der Waals surface area (Å²) in [7, 11) is 5.21. The largest absolute Gasteiger partial charge is 0.469 e. The lowest BCUT2D eigenvalue weighted by molar-refractivity contribution is -0.143. The Morgan fingerprint density at radius 3 is 2.04 bits per heavy atom. The number of amides is 2. The first-order valence-corrected chi connectivity index (χ1v) is 8.33. The summed E-state index contributed by atoms with van der Waals surface area (Å²) < 4.78 is 4.54. The summed E-state index contributed by atoms with van der Waals surface area (Å²) in [4.78, 5) is 41.2. The number of carbonyl (C=O) groups is 3. The maximum Gasteiger partial charge on any atom is 0.306 e. The van der Waals surface area contributed by atoms with Crippen molar-refractivity contribution in [2.24, 2.45) is 0 Å².